The fourth-order valence-electron chi connectivity index (χ4n) is 9.38. The zero-order valence-corrected chi connectivity index (χ0v) is 31.6. The standard InChI is InChI=1S/C53H43N/c1-34-20-29-41-44-31-48-45(32-47(44)52(2,3)46(41)30-34)51-43-19-13-12-18-42(43)50(33-49(51)53(48,4)5)54(39-25-21-37(22-26-39)35-14-8-6-9-15-35)40-27-23-38(24-28-40)36-16-10-7-11-17-36/h6-33H,1-5H3. The molecule has 0 saturated heterocycles. The van der Waals surface area contributed by atoms with Gasteiger partial charge in [-0.25, -0.2) is 0 Å². The number of nitrogens with zero attached hydrogens (tertiary/aromatic N) is 1. The van der Waals surface area contributed by atoms with Crippen molar-refractivity contribution in [2.24, 2.45) is 0 Å². The molecular formula is C53H43N. The van der Waals surface area contributed by atoms with Gasteiger partial charge in [0.2, 0.25) is 0 Å². The molecule has 10 rings (SSSR count). The summed E-state index contributed by atoms with van der Waals surface area (Å²) in [5.41, 5.74) is 20.5. The van der Waals surface area contributed by atoms with Gasteiger partial charge in [0.15, 0.2) is 0 Å². The fourth-order valence-corrected chi connectivity index (χ4v) is 9.38. The first kappa shape index (κ1) is 32.5. The van der Waals surface area contributed by atoms with Crippen molar-refractivity contribution >= 4 is 27.8 Å². The molecule has 0 aliphatic heterocycles. The Kier molecular flexibility index (Phi) is 7.17. The number of hydrogen-bond donors (Lipinski definition) is 0. The van der Waals surface area contributed by atoms with Crippen molar-refractivity contribution in [1.82, 2.24) is 0 Å². The minimum Gasteiger partial charge on any atom is -0.310 e. The van der Waals surface area contributed by atoms with Crippen LogP contribution in [0, 0.1) is 6.92 Å². The van der Waals surface area contributed by atoms with E-state index in [1.165, 1.54) is 88.8 Å². The van der Waals surface area contributed by atoms with Crippen molar-refractivity contribution in [2.75, 3.05) is 4.90 Å². The summed E-state index contributed by atoms with van der Waals surface area (Å²) in [5, 5.41) is 2.55. The molecule has 0 unspecified atom stereocenters. The van der Waals surface area contributed by atoms with Crippen LogP contribution in [-0.4, -0.2) is 0 Å². The Labute approximate surface area is 319 Å². The molecule has 54 heavy (non-hydrogen) atoms. The van der Waals surface area contributed by atoms with Crippen LogP contribution in [0.4, 0.5) is 17.1 Å². The first-order valence-corrected chi connectivity index (χ1v) is 19.2. The van der Waals surface area contributed by atoms with Gasteiger partial charge in [0.1, 0.15) is 0 Å². The van der Waals surface area contributed by atoms with Gasteiger partial charge in [0.25, 0.3) is 0 Å². The summed E-state index contributed by atoms with van der Waals surface area (Å²) in [7, 11) is 0. The Morgan fingerprint density at radius 3 is 1.43 bits per heavy atom. The SMILES string of the molecule is Cc1ccc2c(c1)C(C)(C)c1cc3c(cc1-2)C(C)(C)c1cc(N(c2ccc(-c4ccccc4)cc2)c2ccc(-c4ccccc4)cc2)c2ccccc2c1-3. The van der Waals surface area contributed by atoms with Gasteiger partial charge < -0.3 is 4.90 Å². The Morgan fingerprint density at radius 1 is 0.370 bits per heavy atom. The average Bonchev–Trinajstić information content (AvgIpc) is 3.56. The number of hydrogen-bond acceptors (Lipinski definition) is 1. The van der Waals surface area contributed by atoms with Gasteiger partial charge in [-0.15, -0.1) is 0 Å². The maximum atomic E-state index is 2.54. The zero-order valence-electron chi connectivity index (χ0n) is 31.6. The lowest BCUT2D eigenvalue weighted by molar-refractivity contribution is 0.652. The van der Waals surface area contributed by atoms with Crippen molar-refractivity contribution in [2.45, 2.75) is 45.4 Å². The molecule has 0 radical (unpaired) electrons. The highest BCUT2D eigenvalue weighted by molar-refractivity contribution is 6.10. The van der Waals surface area contributed by atoms with E-state index in [0.717, 1.165) is 11.4 Å². The highest BCUT2D eigenvalue weighted by atomic mass is 15.1. The van der Waals surface area contributed by atoms with E-state index in [4.69, 9.17) is 0 Å². The normalized spacial score (nSPS) is 14.3. The average molecular weight is 694 g/mol. The highest BCUT2D eigenvalue weighted by Crippen LogP contribution is 2.59. The zero-order chi connectivity index (χ0) is 36.8. The number of benzene rings is 8. The molecule has 0 fully saturated rings. The summed E-state index contributed by atoms with van der Waals surface area (Å²) in [4.78, 5) is 2.47. The van der Waals surface area contributed by atoms with Crippen molar-refractivity contribution < 1.29 is 0 Å². The summed E-state index contributed by atoms with van der Waals surface area (Å²) >= 11 is 0. The topological polar surface area (TPSA) is 3.24 Å². The lowest BCUT2D eigenvalue weighted by atomic mass is 9.79. The molecule has 8 aromatic rings. The van der Waals surface area contributed by atoms with E-state index >= 15 is 0 Å². The Bertz CT molecular complexity index is 2650. The largest absolute Gasteiger partial charge is 0.310 e. The summed E-state index contributed by atoms with van der Waals surface area (Å²) in [5.74, 6) is 0. The Morgan fingerprint density at radius 2 is 0.833 bits per heavy atom. The molecule has 2 aliphatic rings. The van der Waals surface area contributed by atoms with Gasteiger partial charge in [-0.3, -0.25) is 0 Å². The van der Waals surface area contributed by atoms with Crippen LogP contribution >= 0.6 is 0 Å². The predicted molar refractivity (Wildman–Crippen MR) is 229 cm³/mol. The third-order valence-electron chi connectivity index (χ3n) is 12.3. The van der Waals surface area contributed by atoms with Crippen LogP contribution in [0.2, 0.25) is 0 Å². The monoisotopic (exact) mass is 693 g/mol. The predicted octanol–water partition coefficient (Wildman–Crippen LogP) is 14.6. The van der Waals surface area contributed by atoms with Crippen molar-refractivity contribution in [3.63, 3.8) is 0 Å². The molecule has 0 bridgehead atoms. The summed E-state index contributed by atoms with van der Waals surface area (Å²) in [6.07, 6.45) is 0. The van der Waals surface area contributed by atoms with Crippen LogP contribution in [0.1, 0.15) is 55.5 Å². The minimum atomic E-state index is -0.198. The highest BCUT2D eigenvalue weighted by Gasteiger charge is 2.43. The lowest BCUT2D eigenvalue weighted by Gasteiger charge is -2.30. The number of aryl methyl sites for hydroxylation is 1. The molecule has 1 nitrogen and oxygen atoms in total. The van der Waals surface area contributed by atoms with E-state index in [1.807, 2.05) is 0 Å². The lowest BCUT2D eigenvalue weighted by Crippen LogP contribution is -2.18. The van der Waals surface area contributed by atoms with Gasteiger partial charge in [-0.2, -0.15) is 0 Å². The maximum absolute atomic E-state index is 2.54. The second-order valence-corrected chi connectivity index (χ2v) is 16.3. The summed E-state index contributed by atoms with van der Waals surface area (Å²) in [6.45, 7) is 11.9. The van der Waals surface area contributed by atoms with Crippen LogP contribution in [0.15, 0.2) is 170 Å². The maximum Gasteiger partial charge on any atom is 0.0543 e. The number of anilines is 3. The number of fused-ring (bicyclic) bond motifs is 8. The van der Waals surface area contributed by atoms with Crippen LogP contribution in [0.5, 0.6) is 0 Å². The minimum absolute atomic E-state index is 0.0665. The van der Waals surface area contributed by atoms with E-state index in [0.29, 0.717) is 0 Å². The quantitative estimate of drug-likeness (QED) is 0.173. The first-order valence-electron chi connectivity index (χ1n) is 19.2. The van der Waals surface area contributed by atoms with Crippen molar-refractivity contribution in [3.05, 3.63) is 198 Å². The first-order chi connectivity index (χ1) is 26.2. The van der Waals surface area contributed by atoms with Gasteiger partial charge >= 0.3 is 0 Å². The second-order valence-electron chi connectivity index (χ2n) is 16.3. The molecule has 0 atom stereocenters. The fraction of sp³-hybridized carbons (Fsp3) is 0.132. The van der Waals surface area contributed by atoms with E-state index in [-0.39, 0.29) is 10.8 Å². The van der Waals surface area contributed by atoms with Crippen molar-refractivity contribution in [1.29, 1.82) is 0 Å². The smallest absolute Gasteiger partial charge is 0.0543 e. The Balaban J connectivity index is 1.18. The molecular weight excluding hydrogens is 651 g/mol. The Hall–Kier alpha value is -6.18. The van der Waals surface area contributed by atoms with Gasteiger partial charge in [0, 0.05) is 27.6 Å². The third kappa shape index (κ3) is 4.85. The molecule has 0 heterocycles. The van der Waals surface area contributed by atoms with Crippen LogP contribution in [0.3, 0.4) is 0 Å². The van der Waals surface area contributed by atoms with Crippen LogP contribution < -0.4 is 4.90 Å². The van der Waals surface area contributed by atoms with Crippen LogP contribution in [0.25, 0.3) is 55.3 Å². The van der Waals surface area contributed by atoms with E-state index < -0.39 is 0 Å². The molecule has 0 saturated carbocycles. The van der Waals surface area contributed by atoms with Gasteiger partial charge in [-0.05, 0) is 122 Å². The summed E-state index contributed by atoms with van der Waals surface area (Å²) in [6, 6.07) is 63.1. The second kappa shape index (κ2) is 11.9. The molecule has 0 aromatic heterocycles. The molecule has 0 amide bonds. The summed E-state index contributed by atoms with van der Waals surface area (Å²) < 4.78 is 0. The van der Waals surface area contributed by atoms with Gasteiger partial charge in [0.05, 0.1) is 5.69 Å². The molecule has 8 aromatic carbocycles. The van der Waals surface area contributed by atoms with E-state index in [9.17, 15) is 0 Å². The van der Waals surface area contributed by atoms with E-state index in [1.54, 1.807) is 0 Å². The van der Waals surface area contributed by atoms with Crippen molar-refractivity contribution in [3.8, 4) is 44.5 Å². The molecule has 0 N–H and O–H groups in total. The van der Waals surface area contributed by atoms with Crippen LogP contribution in [-0.2, 0) is 10.8 Å². The van der Waals surface area contributed by atoms with E-state index in [2.05, 4.69) is 209 Å². The van der Waals surface area contributed by atoms with Gasteiger partial charge in [-0.1, -0.05) is 161 Å². The molecule has 260 valence electrons. The molecule has 0 spiro atoms. The third-order valence-corrected chi connectivity index (χ3v) is 12.3. The molecule has 2 aliphatic carbocycles. The number of rotatable bonds is 5. The molecule has 1 heteroatoms.